The number of aromatic nitrogens is 1. The summed E-state index contributed by atoms with van der Waals surface area (Å²) in [6, 6.07) is 7.08. The summed E-state index contributed by atoms with van der Waals surface area (Å²) >= 11 is 0. The molecule has 1 saturated heterocycles. The summed E-state index contributed by atoms with van der Waals surface area (Å²) in [6.07, 6.45) is 2.96. The van der Waals surface area contributed by atoms with E-state index in [1.54, 1.807) is 0 Å². The van der Waals surface area contributed by atoms with E-state index in [0.717, 1.165) is 45.0 Å². The summed E-state index contributed by atoms with van der Waals surface area (Å²) < 4.78 is 5.68. The fourth-order valence-electron chi connectivity index (χ4n) is 2.75. The highest BCUT2D eigenvalue weighted by Gasteiger charge is 2.29. The van der Waals surface area contributed by atoms with Crippen LogP contribution in [0.15, 0.2) is 24.4 Å². The summed E-state index contributed by atoms with van der Waals surface area (Å²) in [5, 5.41) is 3.59. The lowest BCUT2D eigenvalue weighted by Crippen LogP contribution is -2.55. The highest BCUT2D eigenvalue weighted by atomic mass is 16.5. The molecule has 2 unspecified atom stereocenters. The van der Waals surface area contributed by atoms with E-state index >= 15 is 0 Å². The topological polar surface area (TPSA) is 37.4 Å². The lowest BCUT2D eigenvalue weighted by atomic mass is 10.0. The Balaban J connectivity index is 2.02. The number of hydrogen-bond donors (Lipinski definition) is 1. The quantitative estimate of drug-likeness (QED) is 0.847. The van der Waals surface area contributed by atoms with Gasteiger partial charge in [-0.25, -0.2) is 0 Å². The highest BCUT2D eigenvalue weighted by molar-refractivity contribution is 5.04. The minimum atomic E-state index is 0.445. The zero-order valence-corrected chi connectivity index (χ0v) is 12.0. The van der Waals surface area contributed by atoms with Crippen LogP contribution in [0.3, 0.4) is 0 Å². The smallest absolute Gasteiger partial charge is 0.0637 e. The van der Waals surface area contributed by atoms with E-state index in [-0.39, 0.29) is 0 Å². The Morgan fingerprint density at radius 2 is 2.32 bits per heavy atom. The van der Waals surface area contributed by atoms with E-state index in [4.69, 9.17) is 4.74 Å². The summed E-state index contributed by atoms with van der Waals surface area (Å²) in [5.41, 5.74) is 1.13. The average Bonchev–Trinajstić information content (AvgIpc) is 2.47. The van der Waals surface area contributed by atoms with Gasteiger partial charge in [0.2, 0.25) is 0 Å². The van der Waals surface area contributed by atoms with Gasteiger partial charge in [0.05, 0.1) is 12.3 Å². The molecular weight excluding hydrogens is 238 g/mol. The Bertz CT molecular complexity index is 356. The molecule has 19 heavy (non-hydrogen) atoms. The Morgan fingerprint density at radius 1 is 1.42 bits per heavy atom. The molecule has 1 aromatic heterocycles. The van der Waals surface area contributed by atoms with Gasteiger partial charge in [0.25, 0.3) is 0 Å². The Kier molecular flexibility index (Phi) is 5.76. The van der Waals surface area contributed by atoms with Crippen LogP contribution in [0.4, 0.5) is 0 Å². The number of hydrogen-bond acceptors (Lipinski definition) is 4. The normalized spacial score (nSPS) is 23.7. The molecule has 1 aliphatic rings. The van der Waals surface area contributed by atoms with E-state index in [1.165, 1.54) is 0 Å². The van der Waals surface area contributed by atoms with E-state index in [1.807, 2.05) is 12.3 Å². The van der Waals surface area contributed by atoms with Gasteiger partial charge in [0, 0.05) is 31.4 Å². The fraction of sp³-hybridized carbons (Fsp3) is 0.667. The first-order valence-corrected chi connectivity index (χ1v) is 7.30. The maximum Gasteiger partial charge on any atom is 0.0637 e. The molecule has 1 aliphatic heterocycles. The predicted molar refractivity (Wildman–Crippen MR) is 77.0 cm³/mol. The van der Waals surface area contributed by atoms with Crippen molar-refractivity contribution >= 4 is 0 Å². The second-order valence-electron chi connectivity index (χ2n) is 4.98. The fourth-order valence-corrected chi connectivity index (χ4v) is 2.75. The molecule has 4 nitrogen and oxygen atoms in total. The maximum atomic E-state index is 5.68. The Morgan fingerprint density at radius 3 is 3.00 bits per heavy atom. The SMILES string of the molecule is CCNC1CCOCC1N(CC)Cc1ccccn1. The molecule has 2 rings (SSSR count). The molecule has 1 fully saturated rings. The maximum absolute atomic E-state index is 5.68. The molecule has 0 amide bonds. The van der Waals surface area contributed by atoms with Crippen LogP contribution in [0, 0.1) is 0 Å². The largest absolute Gasteiger partial charge is 0.380 e. The van der Waals surface area contributed by atoms with Crippen LogP contribution in [0.5, 0.6) is 0 Å². The second kappa shape index (κ2) is 7.58. The van der Waals surface area contributed by atoms with Crippen LogP contribution in [0.2, 0.25) is 0 Å². The van der Waals surface area contributed by atoms with Crippen molar-refractivity contribution in [1.82, 2.24) is 15.2 Å². The first-order valence-electron chi connectivity index (χ1n) is 7.30. The number of rotatable bonds is 6. The molecule has 1 aromatic rings. The number of pyridine rings is 1. The van der Waals surface area contributed by atoms with Crippen molar-refractivity contribution < 1.29 is 4.74 Å². The van der Waals surface area contributed by atoms with Crippen molar-refractivity contribution in [2.24, 2.45) is 0 Å². The van der Waals surface area contributed by atoms with Gasteiger partial charge in [-0.1, -0.05) is 19.9 Å². The van der Waals surface area contributed by atoms with Gasteiger partial charge in [-0.2, -0.15) is 0 Å². The molecule has 0 saturated carbocycles. The van der Waals surface area contributed by atoms with Crippen LogP contribution < -0.4 is 5.32 Å². The standard InChI is InChI=1S/C15H25N3O/c1-3-16-14-8-10-19-12-15(14)18(4-2)11-13-7-5-6-9-17-13/h5-7,9,14-16H,3-4,8,10-12H2,1-2H3. The van der Waals surface area contributed by atoms with Gasteiger partial charge < -0.3 is 10.1 Å². The molecule has 2 heterocycles. The van der Waals surface area contributed by atoms with Crippen molar-refractivity contribution in [2.45, 2.75) is 38.9 Å². The summed E-state index contributed by atoms with van der Waals surface area (Å²) in [4.78, 5) is 6.90. The molecule has 0 spiro atoms. The second-order valence-corrected chi connectivity index (χ2v) is 4.98. The summed E-state index contributed by atoms with van der Waals surface area (Å²) in [5.74, 6) is 0. The molecule has 0 radical (unpaired) electrons. The van der Waals surface area contributed by atoms with E-state index < -0.39 is 0 Å². The molecule has 4 heteroatoms. The number of nitrogens with one attached hydrogen (secondary N) is 1. The Labute approximate surface area is 116 Å². The molecule has 0 aliphatic carbocycles. The van der Waals surface area contributed by atoms with Gasteiger partial charge in [-0.05, 0) is 31.6 Å². The lowest BCUT2D eigenvalue weighted by molar-refractivity contribution is -0.00453. The highest BCUT2D eigenvalue weighted by Crippen LogP contribution is 2.16. The van der Waals surface area contributed by atoms with E-state index in [2.05, 4.69) is 41.2 Å². The van der Waals surface area contributed by atoms with E-state index in [0.29, 0.717) is 12.1 Å². The zero-order valence-electron chi connectivity index (χ0n) is 12.0. The minimum absolute atomic E-state index is 0.445. The molecule has 0 bridgehead atoms. The minimum Gasteiger partial charge on any atom is -0.380 e. The van der Waals surface area contributed by atoms with Gasteiger partial charge in [0.1, 0.15) is 0 Å². The molecular formula is C15H25N3O. The van der Waals surface area contributed by atoms with Crippen LogP contribution in [-0.4, -0.2) is 48.3 Å². The zero-order chi connectivity index (χ0) is 13.5. The monoisotopic (exact) mass is 263 g/mol. The first kappa shape index (κ1) is 14.4. The van der Waals surface area contributed by atoms with Crippen LogP contribution in [0.1, 0.15) is 26.0 Å². The first-order chi connectivity index (χ1) is 9.35. The van der Waals surface area contributed by atoms with Crippen molar-refractivity contribution in [2.75, 3.05) is 26.3 Å². The van der Waals surface area contributed by atoms with Crippen molar-refractivity contribution in [3.63, 3.8) is 0 Å². The van der Waals surface area contributed by atoms with E-state index in [9.17, 15) is 0 Å². The molecule has 2 atom stereocenters. The predicted octanol–water partition coefficient (Wildman–Crippen LogP) is 1.67. The van der Waals surface area contributed by atoms with Crippen LogP contribution in [0.25, 0.3) is 0 Å². The number of ether oxygens (including phenoxy) is 1. The van der Waals surface area contributed by atoms with Crippen molar-refractivity contribution in [3.05, 3.63) is 30.1 Å². The summed E-state index contributed by atoms with van der Waals surface area (Å²) in [6.45, 7) is 9.00. The Hall–Kier alpha value is -0.970. The van der Waals surface area contributed by atoms with Gasteiger partial charge >= 0.3 is 0 Å². The van der Waals surface area contributed by atoms with Gasteiger partial charge in [-0.3, -0.25) is 9.88 Å². The third kappa shape index (κ3) is 4.00. The van der Waals surface area contributed by atoms with Crippen molar-refractivity contribution in [1.29, 1.82) is 0 Å². The van der Waals surface area contributed by atoms with Gasteiger partial charge in [0.15, 0.2) is 0 Å². The van der Waals surface area contributed by atoms with Gasteiger partial charge in [-0.15, -0.1) is 0 Å². The van der Waals surface area contributed by atoms with Crippen LogP contribution in [-0.2, 0) is 11.3 Å². The lowest BCUT2D eigenvalue weighted by Gasteiger charge is -2.39. The average molecular weight is 263 g/mol. The third-order valence-corrected chi connectivity index (χ3v) is 3.76. The number of nitrogens with zero attached hydrogens (tertiary/aromatic N) is 2. The molecule has 1 N–H and O–H groups in total. The third-order valence-electron chi connectivity index (χ3n) is 3.76. The van der Waals surface area contributed by atoms with Crippen LogP contribution >= 0.6 is 0 Å². The number of likely N-dealkylation sites (N-methyl/N-ethyl adjacent to an activating group) is 2. The van der Waals surface area contributed by atoms with Crippen molar-refractivity contribution in [3.8, 4) is 0 Å². The molecule has 0 aromatic carbocycles. The summed E-state index contributed by atoms with van der Waals surface area (Å²) in [7, 11) is 0. The molecule has 106 valence electrons.